The highest BCUT2D eigenvalue weighted by Crippen LogP contribution is 2.89. The molecule has 8 nitrogen and oxygen atoms in total. The number of hydrogen-bond donors (Lipinski definition) is 1. The predicted molar refractivity (Wildman–Crippen MR) is 153 cm³/mol. The molecule has 5 fully saturated rings. The van der Waals surface area contributed by atoms with E-state index >= 15 is 0 Å². The highest BCUT2D eigenvalue weighted by atomic mass is 16.6. The van der Waals surface area contributed by atoms with E-state index in [4.69, 9.17) is 14.2 Å². The quantitative estimate of drug-likeness (QED) is 0.257. The van der Waals surface area contributed by atoms with Gasteiger partial charge in [-0.2, -0.15) is 0 Å². The minimum Gasteiger partial charge on any atom is -0.462 e. The molecular weight excluding hydrogens is 536 g/mol. The number of Topliss-reactive ketones (excluding diaryl/α,β-unsaturated/α-hetero) is 1. The Hall–Kier alpha value is -2.32. The lowest BCUT2D eigenvalue weighted by Crippen LogP contribution is -2.58. The number of fused-ring (bicyclic) bond motifs is 5. The number of carbonyl (C=O) groups excluding carboxylic acids is 4. The Bertz CT molecular complexity index is 1290. The van der Waals surface area contributed by atoms with E-state index < -0.39 is 35.8 Å². The second-order valence-corrected chi connectivity index (χ2v) is 15.0. The molecular formula is C34H46O8. The molecule has 0 amide bonds. The monoisotopic (exact) mass is 582 g/mol. The minimum absolute atomic E-state index is 0.0317. The van der Waals surface area contributed by atoms with Gasteiger partial charge < -0.3 is 19.3 Å². The van der Waals surface area contributed by atoms with Crippen molar-refractivity contribution in [1.29, 1.82) is 0 Å². The van der Waals surface area contributed by atoms with Gasteiger partial charge in [0.25, 0.3) is 0 Å². The second-order valence-electron chi connectivity index (χ2n) is 15.0. The molecule has 0 aromatic carbocycles. The predicted octanol–water partition coefficient (Wildman–Crippen LogP) is 4.23. The van der Waals surface area contributed by atoms with E-state index in [1.165, 1.54) is 13.8 Å². The van der Waals surface area contributed by atoms with Crippen molar-refractivity contribution >= 4 is 23.5 Å². The Morgan fingerprint density at radius 3 is 2.43 bits per heavy atom. The van der Waals surface area contributed by atoms with E-state index in [1.807, 2.05) is 13.0 Å². The molecule has 1 N–H and O–H groups in total. The normalized spacial score (nSPS) is 47.8. The lowest BCUT2D eigenvalue weighted by molar-refractivity contribution is -0.166. The molecule has 230 valence electrons. The number of aliphatic hydroxyl groups is 1. The van der Waals surface area contributed by atoms with Crippen molar-refractivity contribution < 1.29 is 38.5 Å². The van der Waals surface area contributed by atoms with Crippen LogP contribution in [0.4, 0.5) is 0 Å². The first-order chi connectivity index (χ1) is 19.6. The Labute approximate surface area is 248 Å². The smallest absolute Gasteiger partial charge is 0.303 e. The van der Waals surface area contributed by atoms with Gasteiger partial charge >= 0.3 is 11.9 Å². The highest BCUT2D eigenvalue weighted by molar-refractivity contribution is 5.99. The largest absolute Gasteiger partial charge is 0.462 e. The summed E-state index contributed by atoms with van der Waals surface area (Å²) in [5, 5.41) is 9.70. The third-order valence-corrected chi connectivity index (χ3v) is 13.3. The Balaban J connectivity index is 1.41. The van der Waals surface area contributed by atoms with Crippen LogP contribution in [0.5, 0.6) is 0 Å². The van der Waals surface area contributed by atoms with Crippen LogP contribution in [-0.4, -0.2) is 59.6 Å². The van der Waals surface area contributed by atoms with E-state index in [-0.39, 0.29) is 81.5 Å². The first-order valence-corrected chi connectivity index (χ1v) is 15.7. The van der Waals surface area contributed by atoms with Gasteiger partial charge in [0.1, 0.15) is 6.10 Å². The zero-order valence-corrected chi connectivity index (χ0v) is 26.0. The summed E-state index contributed by atoms with van der Waals surface area (Å²) in [6, 6.07) is 0. The van der Waals surface area contributed by atoms with E-state index in [0.29, 0.717) is 6.42 Å². The molecule has 0 radical (unpaired) electrons. The first kappa shape index (κ1) is 29.7. The minimum atomic E-state index is -1.11. The number of allylic oxidation sites excluding steroid dienone is 2. The maximum atomic E-state index is 13.8. The maximum absolute atomic E-state index is 13.8. The zero-order chi connectivity index (χ0) is 30.7. The number of carbonyl (C=O) groups is 4. The Morgan fingerprint density at radius 1 is 1.12 bits per heavy atom. The van der Waals surface area contributed by atoms with Gasteiger partial charge in [-0.1, -0.05) is 47.3 Å². The van der Waals surface area contributed by atoms with E-state index in [2.05, 4.69) is 33.4 Å². The zero-order valence-electron chi connectivity index (χ0n) is 26.0. The lowest BCUT2D eigenvalue weighted by Gasteiger charge is -2.59. The van der Waals surface area contributed by atoms with Crippen LogP contribution in [0.1, 0.15) is 74.1 Å². The number of epoxide rings is 1. The molecule has 14 atom stereocenters. The van der Waals surface area contributed by atoms with Crippen LogP contribution in [-0.2, 0) is 33.4 Å². The van der Waals surface area contributed by atoms with Gasteiger partial charge in [-0.15, -0.1) is 0 Å². The summed E-state index contributed by atoms with van der Waals surface area (Å²) in [6.45, 7) is 16.7. The molecule has 2 unspecified atom stereocenters. The van der Waals surface area contributed by atoms with Crippen molar-refractivity contribution in [3.05, 3.63) is 24.3 Å². The van der Waals surface area contributed by atoms with Crippen molar-refractivity contribution in [3.8, 4) is 0 Å². The molecule has 6 aliphatic rings. The van der Waals surface area contributed by atoms with Crippen LogP contribution >= 0.6 is 0 Å². The summed E-state index contributed by atoms with van der Waals surface area (Å²) in [5.41, 5.74) is -0.423. The average molecular weight is 583 g/mol. The van der Waals surface area contributed by atoms with Gasteiger partial charge in [-0.05, 0) is 53.6 Å². The Morgan fingerprint density at radius 2 is 1.81 bits per heavy atom. The molecule has 1 heterocycles. The second kappa shape index (κ2) is 9.34. The number of ketones is 2. The van der Waals surface area contributed by atoms with Crippen LogP contribution in [0.15, 0.2) is 24.3 Å². The van der Waals surface area contributed by atoms with Crippen molar-refractivity contribution in [2.75, 3.05) is 6.61 Å². The summed E-state index contributed by atoms with van der Waals surface area (Å²) in [7, 11) is 0. The van der Waals surface area contributed by atoms with Crippen molar-refractivity contribution in [3.63, 3.8) is 0 Å². The van der Waals surface area contributed by atoms with Crippen LogP contribution in [0, 0.1) is 57.2 Å². The number of esters is 2. The van der Waals surface area contributed by atoms with Crippen molar-refractivity contribution in [2.24, 2.45) is 57.2 Å². The fourth-order valence-corrected chi connectivity index (χ4v) is 11.2. The van der Waals surface area contributed by atoms with Gasteiger partial charge in [0.05, 0.1) is 12.2 Å². The van der Waals surface area contributed by atoms with Gasteiger partial charge in [-0.3, -0.25) is 19.2 Å². The molecule has 6 rings (SSSR count). The average Bonchev–Trinajstić information content (AvgIpc) is 3.80. The number of ether oxygens (including phenoxy) is 3. The standard InChI is InChI=1S/C34H46O8/c1-16(14-35)17(2)26(39)27(41-21(6)37)19(4)24-23(40-20(5)36)13-32(8)30-29-28(42-29)25-18(3)22(38)9-10-33(25)15-34(30,33)12-11-31(24,32)7/h9-10,16,18-19,23-25,27-30,35H,2,11-15H2,1,3-8H3/t16-,18+,19-,23-,24-,25+,27+,28?,29?,30-,31+,32-,33-,34-/m1/s1. The lowest BCUT2D eigenvalue weighted by atomic mass is 9.43. The van der Waals surface area contributed by atoms with Crippen molar-refractivity contribution in [1.82, 2.24) is 0 Å². The summed E-state index contributed by atoms with van der Waals surface area (Å²) in [4.78, 5) is 51.3. The topological polar surface area (TPSA) is 120 Å². The fourth-order valence-electron chi connectivity index (χ4n) is 11.2. The number of rotatable bonds is 8. The fraction of sp³-hybridized carbons (Fsp3) is 0.765. The SMILES string of the molecule is C=C(C(=O)[C@@H](OC(C)=O)[C@H](C)[C@@H]1[C@H](OC(C)=O)C[C@]2(C)[C@H]3C4OC4[C@@H]4[C@@H](C)C(=O)C=C[C@@]45C[C@]35CC[C@@]12C)[C@H](C)CO. The van der Waals surface area contributed by atoms with Crippen LogP contribution in [0.25, 0.3) is 0 Å². The van der Waals surface area contributed by atoms with E-state index in [1.54, 1.807) is 6.92 Å². The van der Waals surface area contributed by atoms with E-state index in [9.17, 15) is 24.3 Å². The van der Waals surface area contributed by atoms with Gasteiger partial charge in [-0.25, -0.2) is 0 Å². The number of hydrogen-bond acceptors (Lipinski definition) is 8. The first-order valence-electron chi connectivity index (χ1n) is 15.7. The van der Waals surface area contributed by atoms with Crippen LogP contribution < -0.4 is 0 Å². The molecule has 1 saturated heterocycles. The van der Waals surface area contributed by atoms with Crippen molar-refractivity contribution in [2.45, 2.75) is 98.6 Å². The van der Waals surface area contributed by atoms with Crippen LogP contribution in [0.3, 0.4) is 0 Å². The van der Waals surface area contributed by atoms with Gasteiger partial charge in [0, 0.05) is 61.4 Å². The molecule has 1 aliphatic heterocycles. The molecule has 0 bridgehead atoms. The molecule has 4 saturated carbocycles. The maximum Gasteiger partial charge on any atom is 0.303 e. The molecule has 42 heavy (non-hydrogen) atoms. The summed E-state index contributed by atoms with van der Waals surface area (Å²) in [6.07, 6.45) is 6.06. The van der Waals surface area contributed by atoms with Crippen LogP contribution in [0.2, 0.25) is 0 Å². The summed E-state index contributed by atoms with van der Waals surface area (Å²) < 4.78 is 18.3. The third kappa shape index (κ3) is 3.66. The third-order valence-electron chi connectivity index (χ3n) is 13.3. The summed E-state index contributed by atoms with van der Waals surface area (Å²) >= 11 is 0. The van der Waals surface area contributed by atoms with E-state index in [0.717, 1.165) is 19.3 Å². The summed E-state index contributed by atoms with van der Waals surface area (Å²) in [5.74, 6) is -1.99. The van der Waals surface area contributed by atoms with Gasteiger partial charge in [0.2, 0.25) is 0 Å². The van der Waals surface area contributed by atoms with Gasteiger partial charge in [0.15, 0.2) is 17.7 Å². The Kier molecular flexibility index (Phi) is 6.61. The molecule has 5 aliphatic carbocycles. The highest BCUT2D eigenvalue weighted by Gasteiger charge is 2.88. The molecule has 8 heteroatoms. The molecule has 0 aromatic rings. The molecule has 0 aromatic heterocycles. The molecule has 2 spiro atoms. The number of aliphatic hydroxyl groups excluding tert-OH is 1.